The SMILES string of the molecule is Cc1ccc(F)c(-c2cc(CN3CCNC[C@H]3C)no2)c1. The van der Waals surface area contributed by atoms with Crippen LogP contribution in [0.1, 0.15) is 18.2 Å². The van der Waals surface area contributed by atoms with Gasteiger partial charge < -0.3 is 9.84 Å². The molecule has 0 saturated carbocycles. The van der Waals surface area contributed by atoms with Gasteiger partial charge in [-0.15, -0.1) is 0 Å². The van der Waals surface area contributed by atoms with E-state index in [9.17, 15) is 4.39 Å². The summed E-state index contributed by atoms with van der Waals surface area (Å²) in [5, 5.41) is 7.45. The van der Waals surface area contributed by atoms with Gasteiger partial charge in [0.15, 0.2) is 5.76 Å². The first-order valence-electron chi connectivity index (χ1n) is 7.30. The van der Waals surface area contributed by atoms with Crippen molar-refractivity contribution in [2.45, 2.75) is 26.4 Å². The molecule has 5 heteroatoms. The Bertz CT molecular complexity index is 626. The van der Waals surface area contributed by atoms with E-state index in [1.807, 2.05) is 13.0 Å². The summed E-state index contributed by atoms with van der Waals surface area (Å²) in [6.07, 6.45) is 0. The zero-order valence-electron chi connectivity index (χ0n) is 12.4. The monoisotopic (exact) mass is 289 g/mol. The largest absolute Gasteiger partial charge is 0.356 e. The van der Waals surface area contributed by atoms with Crippen LogP contribution < -0.4 is 5.32 Å². The van der Waals surface area contributed by atoms with Gasteiger partial charge in [-0.3, -0.25) is 4.90 Å². The highest BCUT2D eigenvalue weighted by Crippen LogP contribution is 2.25. The molecule has 1 saturated heterocycles. The van der Waals surface area contributed by atoms with Crippen LogP contribution in [0.25, 0.3) is 11.3 Å². The van der Waals surface area contributed by atoms with Crippen LogP contribution in [0.4, 0.5) is 4.39 Å². The van der Waals surface area contributed by atoms with E-state index in [0.29, 0.717) is 17.4 Å². The third kappa shape index (κ3) is 3.14. The lowest BCUT2D eigenvalue weighted by atomic mass is 10.1. The summed E-state index contributed by atoms with van der Waals surface area (Å²) in [7, 11) is 0. The van der Waals surface area contributed by atoms with Gasteiger partial charge in [0.25, 0.3) is 0 Å². The standard InChI is InChI=1S/C16H20FN3O/c1-11-3-4-15(17)14(7-11)16-8-13(19-21-16)10-20-6-5-18-9-12(20)2/h3-4,7-8,12,18H,5-6,9-10H2,1-2H3/t12-/m1/s1. The lowest BCUT2D eigenvalue weighted by molar-refractivity contribution is 0.161. The molecule has 2 heterocycles. The van der Waals surface area contributed by atoms with Gasteiger partial charge in [-0.1, -0.05) is 16.8 Å². The Hall–Kier alpha value is -1.72. The molecule has 1 aliphatic heterocycles. The highest BCUT2D eigenvalue weighted by molar-refractivity contribution is 5.59. The molecule has 0 unspecified atom stereocenters. The summed E-state index contributed by atoms with van der Waals surface area (Å²) in [5.74, 6) is 0.216. The average Bonchev–Trinajstić information content (AvgIpc) is 2.92. The van der Waals surface area contributed by atoms with E-state index in [1.54, 1.807) is 12.1 Å². The highest BCUT2D eigenvalue weighted by Gasteiger charge is 2.20. The van der Waals surface area contributed by atoms with Crippen molar-refractivity contribution in [3.05, 3.63) is 41.3 Å². The molecule has 2 aromatic rings. The minimum Gasteiger partial charge on any atom is -0.356 e. The first-order valence-corrected chi connectivity index (χ1v) is 7.30. The fraction of sp³-hybridized carbons (Fsp3) is 0.438. The predicted molar refractivity (Wildman–Crippen MR) is 79.4 cm³/mol. The first-order chi connectivity index (χ1) is 10.1. The molecule has 0 spiro atoms. The van der Waals surface area contributed by atoms with Gasteiger partial charge in [0.2, 0.25) is 0 Å². The smallest absolute Gasteiger partial charge is 0.170 e. The Balaban J connectivity index is 1.78. The number of benzene rings is 1. The Morgan fingerprint density at radius 1 is 1.43 bits per heavy atom. The van der Waals surface area contributed by atoms with E-state index >= 15 is 0 Å². The van der Waals surface area contributed by atoms with Gasteiger partial charge in [0, 0.05) is 38.3 Å². The van der Waals surface area contributed by atoms with Gasteiger partial charge in [0.1, 0.15) is 5.82 Å². The number of halogens is 1. The van der Waals surface area contributed by atoms with Crippen LogP contribution in [0.2, 0.25) is 0 Å². The zero-order chi connectivity index (χ0) is 14.8. The third-order valence-corrected chi connectivity index (χ3v) is 3.95. The van der Waals surface area contributed by atoms with Crippen molar-refractivity contribution >= 4 is 0 Å². The molecule has 1 N–H and O–H groups in total. The molecule has 0 aliphatic carbocycles. The number of rotatable bonds is 3. The topological polar surface area (TPSA) is 41.3 Å². The van der Waals surface area contributed by atoms with Crippen LogP contribution in [0, 0.1) is 12.7 Å². The Kier molecular flexibility index (Phi) is 4.03. The van der Waals surface area contributed by atoms with Crippen LogP contribution >= 0.6 is 0 Å². The quantitative estimate of drug-likeness (QED) is 0.943. The van der Waals surface area contributed by atoms with Gasteiger partial charge in [-0.2, -0.15) is 0 Å². The molecule has 4 nitrogen and oxygen atoms in total. The minimum atomic E-state index is -0.279. The second kappa shape index (κ2) is 5.95. The van der Waals surface area contributed by atoms with E-state index in [0.717, 1.165) is 37.4 Å². The van der Waals surface area contributed by atoms with Gasteiger partial charge in [0.05, 0.1) is 11.3 Å². The van der Waals surface area contributed by atoms with Crippen LogP contribution in [0.3, 0.4) is 0 Å². The van der Waals surface area contributed by atoms with Crippen LogP contribution in [-0.4, -0.2) is 35.7 Å². The summed E-state index contributed by atoms with van der Waals surface area (Å²) in [4.78, 5) is 2.35. The lowest BCUT2D eigenvalue weighted by Crippen LogP contribution is -2.49. The van der Waals surface area contributed by atoms with E-state index in [4.69, 9.17) is 4.52 Å². The Morgan fingerprint density at radius 3 is 3.10 bits per heavy atom. The number of piperazine rings is 1. The molecule has 112 valence electrons. The van der Waals surface area contributed by atoms with Crippen molar-refractivity contribution in [2.75, 3.05) is 19.6 Å². The molecule has 1 aromatic heterocycles. The number of hydrogen-bond donors (Lipinski definition) is 1. The van der Waals surface area contributed by atoms with Crippen LogP contribution in [-0.2, 0) is 6.54 Å². The maximum atomic E-state index is 13.9. The highest BCUT2D eigenvalue weighted by atomic mass is 19.1. The van der Waals surface area contributed by atoms with E-state index in [-0.39, 0.29) is 5.82 Å². The number of aromatic nitrogens is 1. The van der Waals surface area contributed by atoms with Crippen molar-refractivity contribution < 1.29 is 8.91 Å². The molecule has 0 bridgehead atoms. The Morgan fingerprint density at radius 2 is 2.29 bits per heavy atom. The first kappa shape index (κ1) is 14.2. The fourth-order valence-corrected chi connectivity index (χ4v) is 2.67. The average molecular weight is 289 g/mol. The van der Waals surface area contributed by atoms with Gasteiger partial charge >= 0.3 is 0 Å². The van der Waals surface area contributed by atoms with Crippen LogP contribution in [0.15, 0.2) is 28.8 Å². The lowest BCUT2D eigenvalue weighted by Gasteiger charge is -2.33. The van der Waals surface area contributed by atoms with Crippen molar-refractivity contribution in [1.82, 2.24) is 15.4 Å². The van der Waals surface area contributed by atoms with E-state index < -0.39 is 0 Å². The number of nitrogens with zero attached hydrogens (tertiary/aromatic N) is 2. The van der Waals surface area contributed by atoms with Crippen LogP contribution in [0.5, 0.6) is 0 Å². The predicted octanol–water partition coefficient (Wildman–Crippen LogP) is 2.58. The van der Waals surface area contributed by atoms with Crippen molar-refractivity contribution in [1.29, 1.82) is 0 Å². The minimum absolute atomic E-state index is 0.279. The number of aryl methyl sites for hydroxylation is 1. The molecular formula is C16H20FN3O. The molecular weight excluding hydrogens is 269 g/mol. The molecule has 3 rings (SSSR count). The maximum absolute atomic E-state index is 13.9. The number of nitrogens with one attached hydrogen (secondary N) is 1. The molecule has 0 radical (unpaired) electrons. The maximum Gasteiger partial charge on any atom is 0.170 e. The summed E-state index contributed by atoms with van der Waals surface area (Å²) in [6.45, 7) is 7.82. The summed E-state index contributed by atoms with van der Waals surface area (Å²) in [6, 6.07) is 7.30. The summed E-state index contributed by atoms with van der Waals surface area (Å²) in [5.41, 5.74) is 2.32. The van der Waals surface area contributed by atoms with E-state index in [2.05, 4.69) is 22.3 Å². The van der Waals surface area contributed by atoms with Crippen molar-refractivity contribution in [2.24, 2.45) is 0 Å². The van der Waals surface area contributed by atoms with Crippen molar-refractivity contribution in [3.8, 4) is 11.3 Å². The van der Waals surface area contributed by atoms with Gasteiger partial charge in [-0.05, 0) is 26.0 Å². The molecule has 1 fully saturated rings. The second-order valence-corrected chi connectivity index (χ2v) is 5.69. The third-order valence-electron chi connectivity index (χ3n) is 3.95. The fourth-order valence-electron chi connectivity index (χ4n) is 2.67. The number of hydrogen-bond acceptors (Lipinski definition) is 4. The molecule has 1 aliphatic rings. The summed E-state index contributed by atoms with van der Waals surface area (Å²) >= 11 is 0. The van der Waals surface area contributed by atoms with Crippen molar-refractivity contribution in [3.63, 3.8) is 0 Å². The zero-order valence-corrected chi connectivity index (χ0v) is 12.4. The molecule has 1 atom stereocenters. The Labute approximate surface area is 123 Å². The van der Waals surface area contributed by atoms with Gasteiger partial charge in [-0.25, -0.2) is 4.39 Å². The molecule has 0 amide bonds. The normalized spacial score (nSPS) is 19.9. The summed E-state index contributed by atoms with van der Waals surface area (Å²) < 4.78 is 19.2. The van der Waals surface area contributed by atoms with E-state index in [1.165, 1.54) is 6.07 Å². The second-order valence-electron chi connectivity index (χ2n) is 5.69. The molecule has 21 heavy (non-hydrogen) atoms. The molecule has 1 aromatic carbocycles.